The van der Waals surface area contributed by atoms with E-state index in [1.54, 1.807) is 0 Å². The van der Waals surface area contributed by atoms with E-state index in [2.05, 4.69) is 35.8 Å². The molecule has 4 heteroatoms. The first-order valence-corrected chi connectivity index (χ1v) is 7.57. The molecule has 1 fully saturated rings. The number of morpholine rings is 1. The van der Waals surface area contributed by atoms with Crippen LogP contribution in [0.5, 0.6) is 0 Å². The van der Waals surface area contributed by atoms with Crippen LogP contribution in [0.2, 0.25) is 0 Å². The molecule has 0 aromatic heterocycles. The van der Waals surface area contributed by atoms with Crippen molar-refractivity contribution in [2.75, 3.05) is 32.0 Å². The van der Waals surface area contributed by atoms with Crippen molar-refractivity contribution >= 4 is 5.69 Å². The van der Waals surface area contributed by atoms with E-state index in [1.165, 1.54) is 11.1 Å². The lowest BCUT2D eigenvalue weighted by Gasteiger charge is -2.37. The second kappa shape index (κ2) is 5.72. The Balaban J connectivity index is 1.57. The van der Waals surface area contributed by atoms with Gasteiger partial charge in [-0.25, -0.2) is 0 Å². The lowest BCUT2D eigenvalue weighted by Crippen LogP contribution is -2.49. The number of benzene rings is 1. The van der Waals surface area contributed by atoms with Crippen molar-refractivity contribution < 1.29 is 4.74 Å². The number of rotatable bonds is 3. The fourth-order valence-electron chi connectivity index (χ4n) is 3.22. The van der Waals surface area contributed by atoms with Gasteiger partial charge in [0.05, 0.1) is 12.7 Å². The quantitative estimate of drug-likeness (QED) is 0.853. The highest BCUT2D eigenvalue weighted by Gasteiger charge is 2.26. The number of fused-ring (bicyclic) bond motifs is 1. The van der Waals surface area contributed by atoms with Gasteiger partial charge in [0.15, 0.2) is 0 Å². The van der Waals surface area contributed by atoms with Crippen LogP contribution in [0.1, 0.15) is 25.0 Å². The van der Waals surface area contributed by atoms with Gasteiger partial charge in [0.1, 0.15) is 0 Å². The molecule has 0 amide bonds. The molecule has 1 saturated heterocycles. The Morgan fingerprint density at radius 1 is 1.30 bits per heavy atom. The second-order valence-electron chi connectivity index (χ2n) is 6.28. The van der Waals surface area contributed by atoms with Crippen molar-refractivity contribution in [3.8, 4) is 0 Å². The van der Waals surface area contributed by atoms with Crippen LogP contribution < -0.4 is 5.73 Å². The summed E-state index contributed by atoms with van der Waals surface area (Å²) in [5, 5.41) is 0. The van der Waals surface area contributed by atoms with E-state index in [-0.39, 0.29) is 0 Å². The predicted octanol–water partition coefficient (Wildman–Crippen LogP) is 1.69. The minimum atomic E-state index is 0.331. The maximum Gasteiger partial charge on any atom is 0.0829 e. The fourth-order valence-corrected chi connectivity index (χ4v) is 3.22. The normalized spacial score (nSPS) is 24.2. The topological polar surface area (TPSA) is 41.7 Å². The molecule has 2 heterocycles. The number of anilines is 1. The Morgan fingerprint density at radius 3 is 2.90 bits per heavy atom. The summed E-state index contributed by atoms with van der Waals surface area (Å²) >= 11 is 0. The van der Waals surface area contributed by atoms with Crippen LogP contribution in [0.3, 0.4) is 0 Å². The predicted molar refractivity (Wildman–Crippen MR) is 81.4 cm³/mol. The third-order valence-corrected chi connectivity index (χ3v) is 4.38. The summed E-state index contributed by atoms with van der Waals surface area (Å²) in [6, 6.07) is 6.88. The first-order chi connectivity index (χ1) is 9.61. The van der Waals surface area contributed by atoms with Crippen molar-refractivity contribution in [2.24, 2.45) is 0 Å². The monoisotopic (exact) mass is 275 g/mol. The first-order valence-electron chi connectivity index (χ1n) is 7.57. The molecular formula is C16H25N3O. The molecule has 2 aliphatic rings. The number of nitrogens with two attached hydrogens (primary N) is 1. The van der Waals surface area contributed by atoms with Gasteiger partial charge in [0.2, 0.25) is 0 Å². The molecule has 1 aromatic carbocycles. The molecule has 1 aromatic rings. The Bertz CT molecular complexity index is 475. The summed E-state index contributed by atoms with van der Waals surface area (Å²) in [7, 11) is 0. The first kappa shape index (κ1) is 13.9. The van der Waals surface area contributed by atoms with E-state index in [1.807, 2.05) is 6.07 Å². The highest BCUT2D eigenvalue weighted by Crippen LogP contribution is 2.25. The molecule has 1 unspecified atom stereocenters. The van der Waals surface area contributed by atoms with Crippen molar-refractivity contribution in [2.45, 2.75) is 39.1 Å². The van der Waals surface area contributed by atoms with Crippen LogP contribution in [0, 0.1) is 0 Å². The van der Waals surface area contributed by atoms with E-state index in [4.69, 9.17) is 10.5 Å². The molecule has 1 atom stereocenters. The van der Waals surface area contributed by atoms with Gasteiger partial charge in [-0.15, -0.1) is 0 Å². The molecular weight excluding hydrogens is 250 g/mol. The molecule has 2 N–H and O–H groups in total. The molecule has 2 aliphatic heterocycles. The minimum Gasteiger partial charge on any atom is -0.399 e. The van der Waals surface area contributed by atoms with Crippen molar-refractivity contribution in [3.63, 3.8) is 0 Å². The second-order valence-corrected chi connectivity index (χ2v) is 6.28. The maximum absolute atomic E-state index is 5.93. The zero-order chi connectivity index (χ0) is 14.1. The zero-order valence-corrected chi connectivity index (χ0v) is 12.5. The largest absolute Gasteiger partial charge is 0.399 e. The molecule has 0 radical (unpaired) electrons. The fraction of sp³-hybridized carbons (Fsp3) is 0.625. The van der Waals surface area contributed by atoms with Crippen LogP contribution >= 0.6 is 0 Å². The summed E-state index contributed by atoms with van der Waals surface area (Å²) in [5.74, 6) is 0. The van der Waals surface area contributed by atoms with Crippen molar-refractivity contribution in [3.05, 3.63) is 29.3 Å². The zero-order valence-electron chi connectivity index (χ0n) is 12.5. The molecule has 0 aliphatic carbocycles. The third kappa shape index (κ3) is 2.97. The molecule has 0 spiro atoms. The van der Waals surface area contributed by atoms with Crippen LogP contribution in [-0.2, 0) is 17.8 Å². The lowest BCUT2D eigenvalue weighted by atomic mass is 10.1. The summed E-state index contributed by atoms with van der Waals surface area (Å²) in [4.78, 5) is 4.98. The Hall–Kier alpha value is -1.10. The maximum atomic E-state index is 5.93. The summed E-state index contributed by atoms with van der Waals surface area (Å²) in [6.07, 6.45) is 0.331. The summed E-state index contributed by atoms with van der Waals surface area (Å²) in [5.41, 5.74) is 9.52. The van der Waals surface area contributed by atoms with E-state index in [0.29, 0.717) is 12.1 Å². The van der Waals surface area contributed by atoms with Gasteiger partial charge in [-0.2, -0.15) is 0 Å². The van der Waals surface area contributed by atoms with Gasteiger partial charge >= 0.3 is 0 Å². The number of hydrogen-bond acceptors (Lipinski definition) is 4. The van der Waals surface area contributed by atoms with E-state index < -0.39 is 0 Å². The van der Waals surface area contributed by atoms with Gasteiger partial charge in [-0.3, -0.25) is 9.80 Å². The summed E-state index contributed by atoms with van der Waals surface area (Å²) < 4.78 is 5.93. The molecule has 110 valence electrons. The molecule has 0 bridgehead atoms. The smallest absolute Gasteiger partial charge is 0.0829 e. The number of nitrogens with zero attached hydrogens (tertiary/aromatic N) is 2. The van der Waals surface area contributed by atoms with Crippen molar-refractivity contribution in [1.82, 2.24) is 9.80 Å². The van der Waals surface area contributed by atoms with Crippen LogP contribution in [-0.4, -0.2) is 48.2 Å². The number of ether oxygens (including phenoxy) is 1. The van der Waals surface area contributed by atoms with Crippen molar-refractivity contribution in [1.29, 1.82) is 0 Å². The van der Waals surface area contributed by atoms with Crippen LogP contribution in [0.4, 0.5) is 5.69 Å². The van der Waals surface area contributed by atoms with Gasteiger partial charge in [-0.05, 0) is 37.1 Å². The lowest BCUT2D eigenvalue weighted by molar-refractivity contribution is -0.0527. The Morgan fingerprint density at radius 2 is 2.10 bits per heavy atom. The minimum absolute atomic E-state index is 0.331. The van der Waals surface area contributed by atoms with Gasteiger partial charge in [-0.1, -0.05) is 6.07 Å². The Labute approximate surface area is 121 Å². The Kier molecular flexibility index (Phi) is 3.96. The van der Waals surface area contributed by atoms with Gasteiger partial charge in [0, 0.05) is 44.5 Å². The SMILES string of the molecule is CC(C)N1CCOC(CN2Cc3ccc(N)cc3C2)C1. The average molecular weight is 275 g/mol. The molecule has 0 saturated carbocycles. The standard InChI is InChI=1S/C16H25N3O/c1-12(2)19-5-6-20-16(11-19)10-18-8-13-3-4-15(17)7-14(13)9-18/h3-4,7,12,16H,5-6,8-11,17H2,1-2H3. The van der Waals surface area contributed by atoms with Gasteiger partial charge < -0.3 is 10.5 Å². The van der Waals surface area contributed by atoms with Crippen LogP contribution in [0.25, 0.3) is 0 Å². The number of nitrogen functional groups attached to an aromatic ring is 1. The van der Waals surface area contributed by atoms with Crippen LogP contribution in [0.15, 0.2) is 18.2 Å². The highest BCUT2D eigenvalue weighted by molar-refractivity contribution is 5.46. The molecule has 3 rings (SSSR count). The van der Waals surface area contributed by atoms with E-state index >= 15 is 0 Å². The third-order valence-electron chi connectivity index (χ3n) is 4.38. The molecule has 20 heavy (non-hydrogen) atoms. The number of hydrogen-bond donors (Lipinski definition) is 1. The van der Waals surface area contributed by atoms with E-state index in [0.717, 1.165) is 45.0 Å². The average Bonchev–Trinajstić information content (AvgIpc) is 2.80. The summed E-state index contributed by atoms with van der Waals surface area (Å²) in [6.45, 7) is 10.5. The van der Waals surface area contributed by atoms with E-state index in [9.17, 15) is 0 Å². The van der Waals surface area contributed by atoms with Gasteiger partial charge in [0.25, 0.3) is 0 Å². The highest BCUT2D eigenvalue weighted by atomic mass is 16.5. The molecule has 4 nitrogen and oxygen atoms in total.